The van der Waals surface area contributed by atoms with E-state index in [-0.39, 0.29) is 0 Å². The number of allylic oxidation sites excluding steroid dienone is 1. The molecule has 0 spiro atoms. The maximum absolute atomic E-state index is 11.5. The quantitative estimate of drug-likeness (QED) is 0.547. The topological polar surface area (TPSA) is 0 Å². The molecule has 0 aliphatic heterocycles. The number of alkyl halides is 5. The van der Waals surface area contributed by atoms with Gasteiger partial charge < -0.3 is 0 Å². The van der Waals surface area contributed by atoms with E-state index in [1.165, 1.54) is 0 Å². The van der Waals surface area contributed by atoms with E-state index in [4.69, 9.17) is 0 Å². The average Bonchev–Trinajstić information content (AvgIpc) is 1.83. The summed E-state index contributed by atoms with van der Waals surface area (Å²) in [6.45, 7) is 0. The predicted molar refractivity (Wildman–Crippen MR) is 21.3 cm³/mol. The number of hydrogen-bond donors (Lipinski definition) is 0. The Labute approximate surface area is 56.3 Å². The SMILES string of the molecule is F/C=C(/F)C(F)(F)C(F)(F)F. The van der Waals surface area contributed by atoms with E-state index in [2.05, 4.69) is 0 Å². The maximum atomic E-state index is 11.5. The summed E-state index contributed by atoms with van der Waals surface area (Å²) in [5, 5.41) is 0. The smallest absolute Gasteiger partial charge is 0.212 e. The molecule has 0 nitrogen and oxygen atoms in total. The second-order valence-corrected chi connectivity index (χ2v) is 1.53. The van der Waals surface area contributed by atoms with Gasteiger partial charge in [0.2, 0.25) is 5.83 Å². The summed E-state index contributed by atoms with van der Waals surface area (Å²) in [6.07, 6.45) is -7.52. The van der Waals surface area contributed by atoms with E-state index < -0.39 is 24.3 Å². The molecule has 0 aromatic rings. The molecule has 0 bridgehead atoms. The highest BCUT2D eigenvalue weighted by molar-refractivity contribution is 5.04. The Bertz CT molecular complexity index is 164. The second-order valence-electron chi connectivity index (χ2n) is 1.53. The summed E-state index contributed by atoms with van der Waals surface area (Å²) in [4.78, 5) is 0. The Morgan fingerprint density at radius 2 is 1.36 bits per heavy atom. The third-order valence-electron chi connectivity index (χ3n) is 0.752. The highest BCUT2D eigenvalue weighted by atomic mass is 19.4. The fraction of sp³-hybridized carbons (Fsp3) is 0.500. The zero-order valence-electron chi connectivity index (χ0n) is 4.72. The van der Waals surface area contributed by atoms with Crippen LogP contribution in [-0.4, -0.2) is 12.1 Å². The Morgan fingerprint density at radius 3 is 1.45 bits per heavy atom. The Morgan fingerprint density at radius 1 is 1.00 bits per heavy atom. The molecule has 0 N–H and O–H groups in total. The minimum atomic E-state index is -6.10. The van der Waals surface area contributed by atoms with Gasteiger partial charge in [-0.05, 0) is 0 Å². The molecule has 0 aromatic carbocycles. The molecule has 0 amide bonds. The third kappa shape index (κ3) is 1.84. The standard InChI is InChI=1S/C4HF7/c5-1-2(6)3(7,8)4(9,10)11/h1H/b2-1+. The molecule has 0 fully saturated rings. The van der Waals surface area contributed by atoms with Crippen molar-refractivity contribution in [3.05, 3.63) is 12.2 Å². The molecule has 66 valence electrons. The van der Waals surface area contributed by atoms with Gasteiger partial charge in [-0.2, -0.15) is 22.0 Å². The zero-order chi connectivity index (χ0) is 9.28. The Kier molecular flexibility index (Phi) is 2.52. The second kappa shape index (κ2) is 2.71. The van der Waals surface area contributed by atoms with Crippen LogP contribution in [0.1, 0.15) is 0 Å². The highest BCUT2D eigenvalue weighted by Crippen LogP contribution is 2.41. The third-order valence-corrected chi connectivity index (χ3v) is 0.752. The first-order valence-corrected chi connectivity index (χ1v) is 2.14. The van der Waals surface area contributed by atoms with Crippen LogP contribution in [0.4, 0.5) is 30.7 Å². The van der Waals surface area contributed by atoms with E-state index in [9.17, 15) is 30.7 Å². The van der Waals surface area contributed by atoms with Gasteiger partial charge in [0.05, 0.1) is 0 Å². The van der Waals surface area contributed by atoms with E-state index >= 15 is 0 Å². The van der Waals surface area contributed by atoms with Crippen molar-refractivity contribution in [3.8, 4) is 0 Å². The average molecular weight is 182 g/mol. The lowest BCUT2D eigenvalue weighted by Gasteiger charge is -2.16. The van der Waals surface area contributed by atoms with Gasteiger partial charge in [0, 0.05) is 0 Å². The number of halogens is 7. The van der Waals surface area contributed by atoms with Crippen molar-refractivity contribution in [2.45, 2.75) is 12.1 Å². The van der Waals surface area contributed by atoms with Crippen molar-refractivity contribution in [1.82, 2.24) is 0 Å². The fourth-order valence-corrected chi connectivity index (χ4v) is 0.204. The predicted octanol–water partition coefficient (Wildman–Crippen LogP) is 2.96. The highest BCUT2D eigenvalue weighted by Gasteiger charge is 2.61. The lowest BCUT2D eigenvalue weighted by atomic mass is 10.3. The number of rotatable bonds is 1. The van der Waals surface area contributed by atoms with Crippen LogP contribution in [0.3, 0.4) is 0 Å². The van der Waals surface area contributed by atoms with Crippen molar-refractivity contribution in [3.63, 3.8) is 0 Å². The molecule has 0 aliphatic carbocycles. The van der Waals surface area contributed by atoms with Crippen molar-refractivity contribution < 1.29 is 30.7 Å². The van der Waals surface area contributed by atoms with Crippen molar-refractivity contribution in [2.75, 3.05) is 0 Å². The Balaban J connectivity index is 4.74. The van der Waals surface area contributed by atoms with E-state index in [0.29, 0.717) is 0 Å². The van der Waals surface area contributed by atoms with Crippen LogP contribution in [0.25, 0.3) is 0 Å². The molecule has 0 atom stereocenters. The van der Waals surface area contributed by atoms with Crippen LogP contribution in [0, 0.1) is 0 Å². The van der Waals surface area contributed by atoms with Crippen LogP contribution in [0.5, 0.6) is 0 Å². The largest absolute Gasteiger partial charge is 0.460 e. The Hall–Kier alpha value is -0.750. The summed E-state index contributed by atoms with van der Waals surface area (Å²) < 4.78 is 78.6. The maximum Gasteiger partial charge on any atom is 0.460 e. The molecule has 0 saturated heterocycles. The van der Waals surface area contributed by atoms with Gasteiger partial charge >= 0.3 is 12.1 Å². The van der Waals surface area contributed by atoms with Gasteiger partial charge in [0.1, 0.15) is 6.33 Å². The number of hydrogen-bond acceptors (Lipinski definition) is 0. The molecule has 11 heavy (non-hydrogen) atoms. The van der Waals surface area contributed by atoms with Gasteiger partial charge in [-0.3, -0.25) is 0 Å². The summed E-state index contributed by atoms with van der Waals surface area (Å²) in [5.74, 6) is -8.88. The fourth-order valence-electron chi connectivity index (χ4n) is 0.204. The normalized spacial score (nSPS) is 15.4. The van der Waals surface area contributed by atoms with Crippen LogP contribution in [-0.2, 0) is 0 Å². The van der Waals surface area contributed by atoms with Crippen molar-refractivity contribution in [1.29, 1.82) is 0 Å². The molecular weight excluding hydrogens is 181 g/mol. The minimum Gasteiger partial charge on any atom is -0.212 e. The lowest BCUT2D eigenvalue weighted by molar-refractivity contribution is -0.270. The minimum absolute atomic E-state index is 1.42. The molecule has 0 rings (SSSR count). The molecular formula is C4HF7. The molecule has 0 saturated carbocycles. The van der Waals surface area contributed by atoms with Gasteiger partial charge in [-0.1, -0.05) is 0 Å². The molecule has 0 aromatic heterocycles. The molecule has 0 radical (unpaired) electrons. The monoisotopic (exact) mass is 182 g/mol. The van der Waals surface area contributed by atoms with Crippen LogP contribution < -0.4 is 0 Å². The summed E-state index contributed by atoms with van der Waals surface area (Å²) in [5.41, 5.74) is 0. The summed E-state index contributed by atoms with van der Waals surface area (Å²) >= 11 is 0. The van der Waals surface area contributed by atoms with Crippen LogP contribution >= 0.6 is 0 Å². The van der Waals surface area contributed by atoms with E-state index in [0.717, 1.165) is 0 Å². The van der Waals surface area contributed by atoms with Gasteiger partial charge in [-0.25, -0.2) is 8.78 Å². The zero-order valence-corrected chi connectivity index (χ0v) is 4.72. The first-order chi connectivity index (χ1) is 4.73. The van der Waals surface area contributed by atoms with Crippen LogP contribution in [0.2, 0.25) is 0 Å². The molecule has 0 unspecified atom stereocenters. The van der Waals surface area contributed by atoms with Crippen LogP contribution in [0.15, 0.2) is 12.2 Å². The molecule has 7 heteroatoms. The summed E-state index contributed by atoms with van der Waals surface area (Å²) in [6, 6.07) is 0. The first-order valence-electron chi connectivity index (χ1n) is 2.14. The molecule has 0 aliphatic rings. The van der Waals surface area contributed by atoms with E-state index in [1.54, 1.807) is 0 Å². The van der Waals surface area contributed by atoms with Crippen molar-refractivity contribution >= 4 is 0 Å². The summed E-state index contributed by atoms with van der Waals surface area (Å²) in [7, 11) is 0. The van der Waals surface area contributed by atoms with Crippen molar-refractivity contribution in [2.24, 2.45) is 0 Å². The lowest BCUT2D eigenvalue weighted by Crippen LogP contribution is -2.36. The van der Waals surface area contributed by atoms with Gasteiger partial charge in [0.15, 0.2) is 0 Å². The van der Waals surface area contributed by atoms with Gasteiger partial charge in [-0.15, -0.1) is 0 Å². The van der Waals surface area contributed by atoms with E-state index in [1.807, 2.05) is 0 Å². The first kappa shape index (κ1) is 10.2. The van der Waals surface area contributed by atoms with Gasteiger partial charge in [0.25, 0.3) is 0 Å². The molecule has 0 heterocycles.